The van der Waals surface area contributed by atoms with Crippen molar-refractivity contribution in [1.82, 2.24) is 0 Å². The molecule has 0 aliphatic carbocycles. The van der Waals surface area contributed by atoms with Crippen LogP contribution in [0.5, 0.6) is 0 Å². The third-order valence-electron chi connectivity index (χ3n) is 3.19. The van der Waals surface area contributed by atoms with Crippen molar-refractivity contribution in [3.05, 3.63) is 49.4 Å². The minimum absolute atomic E-state index is 0.209. The summed E-state index contributed by atoms with van der Waals surface area (Å²) in [6, 6.07) is 5.77. The van der Waals surface area contributed by atoms with Gasteiger partial charge in [-0.15, -0.1) is 11.3 Å². The molecule has 1 atom stereocenters. The lowest BCUT2D eigenvalue weighted by atomic mass is 10.1. The summed E-state index contributed by atoms with van der Waals surface area (Å²) in [5, 5.41) is 3.46. The van der Waals surface area contributed by atoms with Crippen LogP contribution in [0.2, 0.25) is 0 Å². The van der Waals surface area contributed by atoms with E-state index in [9.17, 15) is 4.39 Å². The second-order valence-electron chi connectivity index (χ2n) is 4.82. The van der Waals surface area contributed by atoms with E-state index in [1.165, 1.54) is 15.3 Å². The molecule has 2 rings (SSSR count). The van der Waals surface area contributed by atoms with E-state index in [-0.39, 0.29) is 11.9 Å². The quantitative estimate of drug-likeness (QED) is 0.749. The Kier molecular flexibility index (Phi) is 4.31. The number of nitrogens with one attached hydrogen (secondary N) is 1. The van der Waals surface area contributed by atoms with Crippen LogP contribution in [0.1, 0.15) is 33.8 Å². The van der Waals surface area contributed by atoms with Crippen molar-refractivity contribution < 1.29 is 4.39 Å². The third kappa shape index (κ3) is 3.18. The Bertz CT molecular complexity index is 606. The minimum atomic E-state index is -0.224. The first-order valence-electron chi connectivity index (χ1n) is 6.17. The average Bonchev–Trinajstić information content (AvgIpc) is 2.65. The predicted molar refractivity (Wildman–Crippen MR) is 84.7 cm³/mol. The highest BCUT2D eigenvalue weighted by Gasteiger charge is 2.13. The van der Waals surface area contributed by atoms with Gasteiger partial charge in [-0.05, 0) is 73.0 Å². The molecule has 0 aliphatic rings. The van der Waals surface area contributed by atoms with Crippen molar-refractivity contribution in [2.75, 3.05) is 5.32 Å². The van der Waals surface area contributed by atoms with Crippen LogP contribution in [-0.2, 0) is 0 Å². The number of thiophene rings is 1. The van der Waals surface area contributed by atoms with Gasteiger partial charge in [0.25, 0.3) is 0 Å². The van der Waals surface area contributed by atoms with Crippen molar-refractivity contribution in [2.24, 2.45) is 0 Å². The standard InChI is InChI=1S/C15H17BrFNS/c1-8-5-14(17)13(16)7-15(8)18-10(3)12-6-9(2)19-11(12)4/h5-7,10,18H,1-4H3. The fourth-order valence-electron chi connectivity index (χ4n) is 2.19. The number of benzene rings is 1. The van der Waals surface area contributed by atoms with Crippen molar-refractivity contribution in [3.63, 3.8) is 0 Å². The SMILES string of the molecule is Cc1cc(C(C)Nc2cc(Br)c(F)cc2C)c(C)s1. The molecule has 0 aliphatic heterocycles. The van der Waals surface area contributed by atoms with E-state index >= 15 is 0 Å². The molecule has 1 heterocycles. The van der Waals surface area contributed by atoms with Crippen LogP contribution >= 0.6 is 27.3 Å². The van der Waals surface area contributed by atoms with Gasteiger partial charge < -0.3 is 5.32 Å². The molecule has 0 radical (unpaired) electrons. The van der Waals surface area contributed by atoms with Crippen LogP contribution in [0.25, 0.3) is 0 Å². The molecule has 102 valence electrons. The maximum absolute atomic E-state index is 13.4. The Morgan fingerprint density at radius 3 is 2.47 bits per heavy atom. The number of hydrogen-bond donors (Lipinski definition) is 1. The highest BCUT2D eigenvalue weighted by atomic mass is 79.9. The van der Waals surface area contributed by atoms with Crippen molar-refractivity contribution >= 4 is 33.0 Å². The summed E-state index contributed by atoms with van der Waals surface area (Å²) in [5.74, 6) is -0.224. The summed E-state index contributed by atoms with van der Waals surface area (Å²) in [5.41, 5.74) is 3.18. The van der Waals surface area contributed by atoms with Crippen LogP contribution in [0.15, 0.2) is 22.7 Å². The Balaban J connectivity index is 2.26. The summed E-state index contributed by atoms with van der Waals surface area (Å²) < 4.78 is 13.9. The summed E-state index contributed by atoms with van der Waals surface area (Å²) in [4.78, 5) is 2.65. The molecule has 1 N–H and O–H groups in total. The van der Waals surface area contributed by atoms with Gasteiger partial charge in [-0.3, -0.25) is 0 Å². The molecule has 1 aromatic heterocycles. The fourth-order valence-corrected chi connectivity index (χ4v) is 3.56. The van der Waals surface area contributed by atoms with Crippen LogP contribution in [-0.4, -0.2) is 0 Å². The molecule has 0 bridgehead atoms. The van der Waals surface area contributed by atoms with Crippen molar-refractivity contribution in [3.8, 4) is 0 Å². The zero-order valence-electron chi connectivity index (χ0n) is 11.5. The van der Waals surface area contributed by atoms with Gasteiger partial charge in [0.05, 0.1) is 4.47 Å². The first-order chi connectivity index (χ1) is 8.88. The Hall–Kier alpha value is -0.870. The molecular weight excluding hydrogens is 325 g/mol. The number of halogens is 2. The third-order valence-corrected chi connectivity index (χ3v) is 4.77. The molecule has 1 nitrogen and oxygen atoms in total. The second kappa shape index (κ2) is 5.63. The van der Waals surface area contributed by atoms with Gasteiger partial charge in [-0.25, -0.2) is 4.39 Å². The zero-order valence-corrected chi connectivity index (χ0v) is 13.9. The zero-order chi connectivity index (χ0) is 14.2. The van der Waals surface area contributed by atoms with Gasteiger partial charge in [0.15, 0.2) is 0 Å². The highest BCUT2D eigenvalue weighted by molar-refractivity contribution is 9.10. The van der Waals surface area contributed by atoms with Gasteiger partial charge >= 0.3 is 0 Å². The Morgan fingerprint density at radius 2 is 1.89 bits per heavy atom. The summed E-state index contributed by atoms with van der Waals surface area (Å²) in [7, 11) is 0. The van der Waals surface area contributed by atoms with Gasteiger partial charge in [0.1, 0.15) is 5.82 Å². The van der Waals surface area contributed by atoms with Crippen LogP contribution in [0.3, 0.4) is 0 Å². The second-order valence-corrected chi connectivity index (χ2v) is 7.13. The lowest BCUT2D eigenvalue weighted by Crippen LogP contribution is -2.08. The van der Waals surface area contributed by atoms with Crippen LogP contribution in [0.4, 0.5) is 10.1 Å². The first kappa shape index (κ1) is 14.5. The topological polar surface area (TPSA) is 12.0 Å². The summed E-state index contributed by atoms with van der Waals surface area (Å²) >= 11 is 5.04. The molecule has 0 saturated carbocycles. The van der Waals surface area contributed by atoms with E-state index in [4.69, 9.17) is 0 Å². The fraction of sp³-hybridized carbons (Fsp3) is 0.333. The maximum atomic E-state index is 13.4. The van der Waals surface area contributed by atoms with E-state index in [0.717, 1.165) is 11.3 Å². The van der Waals surface area contributed by atoms with E-state index in [2.05, 4.69) is 48.1 Å². The minimum Gasteiger partial charge on any atom is -0.378 e. The molecule has 1 aromatic carbocycles. The molecule has 2 aromatic rings. The molecule has 0 spiro atoms. The molecule has 0 saturated heterocycles. The van der Waals surface area contributed by atoms with E-state index in [0.29, 0.717) is 4.47 Å². The Morgan fingerprint density at radius 1 is 1.21 bits per heavy atom. The van der Waals surface area contributed by atoms with Gasteiger partial charge in [0.2, 0.25) is 0 Å². The normalized spacial score (nSPS) is 12.5. The van der Waals surface area contributed by atoms with Crippen LogP contribution in [0, 0.1) is 26.6 Å². The Labute approximate surface area is 126 Å². The lowest BCUT2D eigenvalue weighted by molar-refractivity contribution is 0.620. The number of rotatable bonds is 3. The van der Waals surface area contributed by atoms with Crippen LogP contribution < -0.4 is 5.32 Å². The lowest BCUT2D eigenvalue weighted by Gasteiger charge is -2.17. The number of aryl methyl sites for hydroxylation is 3. The number of anilines is 1. The van der Waals surface area contributed by atoms with E-state index in [1.807, 2.05) is 18.3 Å². The molecule has 19 heavy (non-hydrogen) atoms. The average molecular weight is 342 g/mol. The largest absolute Gasteiger partial charge is 0.378 e. The van der Waals surface area contributed by atoms with E-state index in [1.54, 1.807) is 12.1 Å². The van der Waals surface area contributed by atoms with E-state index < -0.39 is 0 Å². The smallest absolute Gasteiger partial charge is 0.137 e. The summed E-state index contributed by atoms with van der Waals surface area (Å²) in [6.07, 6.45) is 0. The molecule has 4 heteroatoms. The number of hydrogen-bond acceptors (Lipinski definition) is 2. The highest BCUT2D eigenvalue weighted by Crippen LogP contribution is 2.31. The summed E-state index contributed by atoms with van der Waals surface area (Å²) in [6.45, 7) is 8.30. The van der Waals surface area contributed by atoms with Gasteiger partial charge in [-0.1, -0.05) is 0 Å². The monoisotopic (exact) mass is 341 g/mol. The van der Waals surface area contributed by atoms with Crippen molar-refractivity contribution in [1.29, 1.82) is 0 Å². The first-order valence-corrected chi connectivity index (χ1v) is 7.78. The maximum Gasteiger partial charge on any atom is 0.137 e. The molecule has 1 unspecified atom stereocenters. The molecule has 0 fully saturated rings. The molecule has 0 amide bonds. The van der Waals surface area contributed by atoms with Crippen molar-refractivity contribution in [2.45, 2.75) is 33.7 Å². The van der Waals surface area contributed by atoms with Gasteiger partial charge in [-0.2, -0.15) is 0 Å². The predicted octanol–water partition coefficient (Wildman–Crippen LogP) is 5.75. The van der Waals surface area contributed by atoms with Gasteiger partial charge in [0, 0.05) is 21.5 Å². The molecular formula is C15H17BrFNS.